The molecule has 2 heterocycles. The van der Waals surface area contributed by atoms with E-state index in [1.165, 1.54) is 0 Å². The summed E-state index contributed by atoms with van der Waals surface area (Å²) < 4.78 is 12.0. The summed E-state index contributed by atoms with van der Waals surface area (Å²) in [6.07, 6.45) is -1.44. The largest absolute Gasteiger partial charge is 0.393 e. The molecule has 0 aromatic rings. The number of hydrogen-bond acceptors (Lipinski definition) is 6. The fraction of sp³-hybridized carbons (Fsp3) is 0.857. The maximum atomic E-state index is 13.4. The van der Waals surface area contributed by atoms with E-state index < -0.39 is 53.4 Å². The lowest BCUT2D eigenvalue weighted by molar-refractivity contribution is -0.415. The van der Waals surface area contributed by atoms with E-state index in [9.17, 15) is 20.1 Å². The van der Waals surface area contributed by atoms with Crippen LogP contribution in [0.4, 0.5) is 0 Å². The maximum Gasteiger partial charge on any atom is 0.170 e. The summed E-state index contributed by atoms with van der Waals surface area (Å²) in [4.78, 5) is 13.4. The first-order chi connectivity index (χ1) is 12.6. The molecule has 27 heavy (non-hydrogen) atoms. The molecule has 0 aromatic carbocycles. The first-order valence-electron chi connectivity index (χ1n) is 10.1. The van der Waals surface area contributed by atoms with Crippen molar-refractivity contribution in [3.05, 3.63) is 12.2 Å². The predicted octanol–water partition coefficient (Wildman–Crippen LogP) is 1.03. The van der Waals surface area contributed by atoms with Crippen LogP contribution in [-0.4, -0.2) is 58.9 Å². The first-order valence-corrected chi connectivity index (χ1v) is 10.1. The monoisotopic (exact) mass is 378 g/mol. The van der Waals surface area contributed by atoms with Crippen LogP contribution in [0, 0.1) is 34.0 Å². The standard InChI is InChI=1S/C21H30O6/c1-9-10-7-11(22)15-20-12(19(2,3)6-5-13(20)23)8-14(27-18(20)26-4)21(15,16(9)24)17(10)25/h10-15,17-18,22-23,25H,1,5-8H2,2-4H3. The molecule has 6 heteroatoms. The second-order valence-corrected chi connectivity index (χ2v) is 10.1. The minimum atomic E-state index is -1.22. The van der Waals surface area contributed by atoms with Gasteiger partial charge in [0.05, 0.1) is 35.2 Å². The van der Waals surface area contributed by atoms with Gasteiger partial charge in [-0.25, -0.2) is 0 Å². The van der Waals surface area contributed by atoms with Crippen LogP contribution in [0.5, 0.6) is 0 Å². The van der Waals surface area contributed by atoms with Crippen LogP contribution in [-0.2, 0) is 14.3 Å². The third kappa shape index (κ3) is 1.71. The van der Waals surface area contributed by atoms with Gasteiger partial charge in [0, 0.05) is 18.9 Å². The van der Waals surface area contributed by atoms with Crippen molar-refractivity contribution in [1.29, 1.82) is 0 Å². The predicted molar refractivity (Wildman–Crippen MR) is 95.4 cm³/mol. The molecule has 2 spiro atoms. The summed E-state index contributed by atoms with van der Waals surface area (Å²) >= 11 is 0. The van der Waals surface area contributed by atoms with E-state index in [2.05, 4.69) is 20.4 Å². The maximum absolute atomic E-state index is 13.4. The van der Waals surface area contributed by atoms with Gasteiger partial charge in [0.1, 0.15) is 0 Å². The number of rotatable bonds is 1. The van der Waals surface area contributed by atoms with E-state index in [0.717, 1.165) is 6.42 Å². The molecule has 2 aliphatic heterocycles. The van der Waals surface area contributed by atoms with Gasteiger partial charge < -0.3 is 24.8 Å². The molecule has 3 N–H and O–H groups in total. The van der Waals surface area contributed by atoms with E-state index >= 15 is 0 Å². The number of methoxy groups -OCH3 is 1. The van der Waals surface area contributed by atoms with E-state index in [-0.39, 0.29) is 17.1 Å². The fourth-order valence-electron chi connectivity index (χ4n) is 8.06. The number of carbonyl (C=O) groups is 1. The number of fused-ring (bicyclic) bond motifs is 2. The molecule has 6 nitrogen and oxygen atoms in total. The lowest BCUT2D eigenvalue weighted by Crippen LogP contribution is -2.81. The van der Waals surface area contributed by atoms with Crippen molar-refractivity contribution in [2.75, 3.05) is 7.11 Å². The van der Waals surface area contributed by atoms with Gasteiger partial charge in [0.25, 0.3) is 0 Å². The number of ether oxygens (including phenoxy) is 2. The Morgan fingerprint density at radius 1 is 1.22 bits per heavy atom. The van der Waals surface area contributed by atoms with Crippen LogP contribution in [0.3, 0.4) is 0 Å². The van der Waals surface area contributed by atoms with Gasteiger partial charge in [-0.15, -0.1) is 0 Å². The van der Waals surface area contributed by atoms with Crippen molar-refractivity contribution in [2.45, 2.75) is 70.2 Å². The molecule has 6 fully saturated rings. The Kier molecular flexibility index (Phi) is 3.53. The lowest BCUT2D eigenvalue weighted by Gasteiger charge is -2.73. The van der Waals surface area contributed by atoms with Crippen LogP contribution in [0.15, 0.2) is 12.2 Å². The number of Topliss-reactive ketones (excluding diaryl/α,β-unsaturated/α-hetero) is 1. The van der Waals surface area contributed by atoms with Gasteiger partial charge >= 0.3 is 0 Å². The third-order valence-corrected chi connectivity index (χ3v) is 9.02. The molecule has 10 unspecified atom stereocenters. The van der Waals surface area contributed by atoms with Crippen molar-refractivity contribution in [2.24, 2.45) is 34.0 Å². The Labute approximate surface area is 159 Å². The summed E-state index contributed by atoms with van der Waals surface area (Å²) in [7, 11) is 1.56. The zero-order valence-corrected chi connectivity index (χ0v) is 16.2. The van der Waals surface area contributed by atoms with Crippen LogP contribution in [0.2, 0.25) is 0 Å². The molecule has 0 aromatic heterocycles. The van der Waals surface area contributed by atoms with Gasteiger partial charge in [0.2, 0.25) is 0 Å². The molecule has 10 atom stereocenters. The second-order valence-electron chi connectivity index (χ2n) is 10.1. The smallest absolute Gasteiger partial charge is 0.170 e. The molecular weight excluding hydrogens is 348 g/mol. The minimum Gasteiger partial charge on any atom is -0.393 e. The molecule has 150 valence electrons. The van der Waals surface area contributed by atoms with E-state index in [0.29, 0.717) is 24.8 Å². The van der Waals surface area contributed by atoms with Gasteiger partial charge in [-0.3, -0.25) is 4.79 Å². The summed E-state index contributed by atoms with van der Waals surface area (Å²) in [5.41, 5.74) is -1.83. The summed E-state index contributed by atoms with van der Waals surface area (Å²) in [5.74, 6) is -1.18. The molecule has 4 saturated carbocycles. The number of aliphatic hydroxyl groups is 3. The quantitative estimate of drug-likeness (QED) is 0.590. The van der Waals surface area contributed by atoms with Crippen LogP contribution >= 0.6 is 0 Å². The summed E-state index contributed by atoms with van der Waals surface area (Å²) in [5, 5.41) is 33.9. The molecule has 4 aliphatic carbocycles. The van der Waals surface area contributed by atoms with Crippen molar-refractivity contribution < 1.29 is 29.6 Å². The van der Waals surface area contributed by atoms with Crippen molar-refractivity contribution in [3.8, 4) is 0 Å². The highest BCUT2D eigenvalue weighted by molar-refractivity contribution is 6.04. The highest BCUT2D eigenvalue weighted by atomic mass is 16.7. The molecule has 2 saturated heterocycles. The lowest BCUT2D eigenvalue weighted by atomic mass is 9.36. The number of carbonyl (C=O) groups excluding carboxylic acids is 1. The molecule has 0 amide bonds. The zero-order valence-electron chi connectivity index (χ0n) is 16.2. The second kappa shape index (κ2) is 5.22. The van der Waals surface area contributed by atoms with Crippen molar-refractivity contribution in [3.63, 3.8) is 0 Å². The topological polar surface area (TPSA) is 96.2 Å². The SMILES string of the molecule is C=C1C(=O)C23C4CC5C(C)(C)CCC(O)C5(C(OC)O4)C2C(O)CC1C3O. The Hall–Kier alpha value is -0.790. The average Bonchev–Trinajstić information content (AvgIpc) is 2.75. The van der Waals surface area contributed by atoms with E-state index in [1.807, 2.05) is 0 Å². The van der Waals surface area contributed by atoms with Gasteiger partial charge in [-0.2, -0.15) is 0 Å². The summed E-state index contributed by atoms with van der Waals surface area (Å²) in [6, 6.07) is 0. The van der Waals surface area contributed by atoms with Gasteiger partial charge in [-0.05, 0) is 42.6 Å². The highest BCUT2D eigenvalue weighted by Crippen LogP contribution is 2.75. The Morgan fingerprint density at radius 2 is 1.93 bits per heavy atom. The summed E-state index contributed by atoms with van der Waals surface area (Å²) in [6.45, 7) is 8.33. The Balaban J connectivity index is 1.79. The first kappa shape index (κ1) is 18.3. The number of aliphatic hydroxyl groups excluding tert-OH is 3. The average molecular weight is 378 g/mol. The third-order valence-electron chi connectivity index (χ3n) is 9.02. The normalized spacial score (nSPS) is 58.1. The Bertz CT molecular complexity index is 717. The van der Waals surface area contributed by atoms with Crippen LogP contribution in [0.25, 0.3) is 0 Å². The van der Waals surface area contributed by atoms with E-state index in [1.54, 1.807) is 7.11 Å². The molecular formula is C21H30O6. The van der Waals surface area contributed by atoms with Crippen LogP contribution < -0.4 is 0 Å². The molecule has 6 aliphatic rings. The zero-order chi connectivity index (χ0) is 19.5. The Morgan fingerprint density at radius 3 is 2.59 bits per heavy atom. The number of hydrogen-bond donors (Lipinski definition) is 3. The highest BCUT2D eigenvalue weighted by Gasteiger charge is 2.83. The minimum absolute atomic E-state index is 0.0353. The molecule has 6 rings (SSSR count). The number of ketones is 1. The van der Waals surface area contributed by atoms with E-state index in [4.69, 9.17) is 9.47 Å². The molecule has 4 bridgehead atoms. The van der Waals surface area contributed by atoms with Gasteiger partial charge in [-0.1, -0.05) is 20.4 Å². The fourth-order valence-corrected chi connectivity index (χ4v) is 8.06. The molecule has 0 radical (unpaired) electrons. The van der Waals surface area contributed by atoms with Crippen molar-refractivity contribution >= 4 is 5.78 Å². The van der Waals surface area contributed by atoms with Gasteiger partial charge in [0.15, 0.2) is 12.1 Å². The van der Waals surface area contributed by atoms with Crippen LogP contribution in [0.1, 0.15) is 39.5 Å². The van der Waals surface area contributed by atoms with Crippen molar-refractivity contribution in [1.82, 2.24) is 0 Å².